The van der Waals surface area contributed by atoms with Crippen molar-refractivity contribution >= 4 is 17.3 Å². The lowest BCUT2D eigenvalue weighted by Gasteiger charge is -2.16. The molecule has 1 aromatic rings. The van der Waals surface area contributed by atoms with Gasteiger partial charge in [-0.15, -0.1) is 0 Å². The highest BCUT2D eigenvalue weighted by Crippen LogP contribution is 2.25. The molecule has 1 unspecified atom stereocenters. The predicted octanol–water partition coefficient (Wildman–Crippen LogP) is 2.58. The van der Waals surface area contributed by atoms with Crippen LogP contribution in [-0.2, 0) is 0 Å². The third-order valence-electron chi connectivity index (χ3n) is 2.13. The monoisotopic (exact) mass is 198 g/mol. The maximum Gasteiger partial charge on any atom is 0.0638 e. The second-order valence-electron chi connectivity index (χ2n) is 3.55. The maximum atomic E-state index is 5.96. The number of nitrogens with two attached hydrogens (primary N) is 2. The Kier molecular flexibility index (Phi) is 3.17. The van der Waals surface area contributed by atoms with Crippen LogP contribution < -0.4 is 11.5 Å². The molecule has 4 N–H and O–H groups in total. The number of hydrogen-bond donors (Lipinski definition) is 2. The van der Waals surface area contributed by atoms with Gasteiger partial charge >= 0.3 is 0 Å². The van der Waals surface area contributed by atoms with E-state index in [0.717, 1.165) is 5.56 Å². The van der Waals surface area contributed by atoms with E-state index in [-0.39, 0.29) is 6.04 Å². The number of halogens is 1. The molecule has 0 aromatic heterocycles. The van der Waals surface area contributed by atoms with E-state index >= 15 is 0 Å². The van der Waals surface area contributed by atoms with E-state index in [2.05, 4.69) is 13.8 Å². The molecular weight excluding hydrogens is 184 g/mol. The Balaban J connectivity index is 2.97. The van der Waals surface area contributed by atoms with Gasteiger partial charge in [-0.3, -0.25) is 0 Å². The molecule has 1 atom stereocenters. The molecule has 0 bridgehead atoms. The second kappa shape index (κ2) is 3.99. The molecule has 2 nitrogen and oxygen atoms in total. The first kappa shape index (κ1) is 10.4. The van der Waals surface area contributed by atoms with Crippen molar-refractivity contribution < 1.29 is 0 Å². The third kappa shape index (κ3) is 2.36. The Hall–Kier alpha value is -0.730. The summed E-state index contributed by atoms with van der Waals surface area (Å²) in [6.07, 6.45) is 0. The van der Waals surface area contributed by atoms with E-state index in [1.54, 1.807) is 6.07 Å². The zero-order chi connectivity index (χ0) is 10.0. The Morgan fingerprint density at radius 1 is 1.31 bits per heavy atom. The van der Waals surface area contributed by atoms with Gasteiger partial charge in [0.2, 0.25) is 0 Å². The van der Waals surface area contributed by atoms with Crippen LogP contribution in [0.1, 0.15) is 25.5 Å². The van der Waals surface area contributed by atoms with Crippen LogP contribution in [0.25, 0.3) is 0 Å². The minimum Gasteiger partial charge on any atom is -0.398 e. The van der Waals surface area contributed by atoms with Crippen molar-refractivity contribution in [2.24, 2.45) is 11.7 Å². The summed E-state index contributed by atoms with van der Waals surface area (Å²) < 4.78 is 0. The molecule has 0 aliphatic carbocycles. The fourth-order valence-corrected chi connectivity index (χ4v) is 1.32. The van der Waals surface area contributed by atoms with Crippen LogP contribution in [0.15, 0.2) is 18.2 Å². The summed E-state index contributed by atoms with van der Waals surface area (Å²) in [7, 11) is 0. The summed E-state index contributed by atoms with van der Waals surface area (Å²) in [5, 5.41) is 0.577. The standard InChI is InChI=1S/C10H15ClN2/c1-6(2)10(13)7-3-4-9(12)8(11)5-7/h3-6,10H,12-13H2,1-2H3. The van der Waals surface area contributed by atoms with Gasteiger partial charge in [0.15, 0.2) is 0 Å². The van der Waals surface area contributed by atoms with Crippen LogP contribution in [-0.4, -0.2) is 0 Å². The van der Waals surface area contributed by atoms with E-state index < -0.39 is 0 Å². The maximum absolute atomic E-state index is 5.96. The molecule has 0 aliphatic heterocycles. The molecule has 0 spiro atoms. The molecule has 72 valence electrons. The zero-order valence-corrected chi connectivity index (χ0v) is 8.68. The first-order chi connectivity index (χ1) is 6.02. The molecule has 0 saturated carbocycles. The predicted molar refractivity (Wildman–Crippen MR) is 57.6 cm³/mol. The van der Waals surface area contributed by atoms with Gasteiger partial charge in [-0.25, -0.2) is 0 Å². The summed E-state index contributed by atoms with van der Waals surface area (Å²) >= 11 is 5.88. The number of benzene rings is 1. The zero-order valence-electron chi connectivity index (χ0n) is 7.92. The number of anilines is 1. The summed E-state index contributed by atoms with van der Waals surface area (Å²) in [5.74, 6) is 0.402. The van der Waals surface area contributed by atoms with Crippen LogP contribution >= 0.6 is 11.6 Å². The SMILES string of the molecule is CC(C)C(N)c1ccc(N)c(Cl)c1. The highest BCUT2D eigenvalue weighted by atomic mass is 35.5. The summed E-state index contributed by atoms with van der Waals surface area (Å²) in [6, 6.07) is 5.57. The molecule has 1 aromatic carbocycles. The highest BCUT2D eigenvalue weighted by molar-refractivity contribution is 6.33. The quantitative estimate of drug-likeness (QED) is 0.718. The summed E-state index contributed by atoms with van der Waals surface area (Å²) in [4.78, 5) is 0. The van der Waals surface area contributed by atoms with Gasteiger partial charge in [0.1, 0.15) is 0 Å². The van der Waals surface area contributed by atoms with Crippen LogP contribution in [0.2, 0.25) is 5.02 Å². The van der Waals surface area contributed by atoms with Crippen molar-refractivity contribution in [1.82, 2.24) is 0 Å². The fraction of sp³-hybridized carbons (Fsp3) is 0.400. The van der Waals surface area contributed by atoms with Crippen LogP contribution in [0.3, 0.4) is 0 Å². The van der Waals surface area contributed by atoms with Crippen molar-refractivity contribution in [2.75, 3.05) is 5.73 Å². The number of rotatable bonds is 2. The second-order valence-corrected chi connectivity index (χ2v) is 3.96. The molecule has 0 aliphatic rings. The molecule has 0 heterocycles. The minimum atomic E-state index is 0.0260. The first-order valence-electron chi connectivity index (χ1n) is 4.33. The molecule has 3 heteroatoms. The van der Waals surface area contributed by atoms with Crippen molar-refractivity contribution in [3.8, 4) is 0 Å². The van der Waals surface area contributed by atoms with Gasteiger partial charge in [-0.05, 0) is 23.6 Å². The minimum absolute atomic E-state index is 0.0260. The lowest BCUT2D eigenvalue weighted by molar-refractivity contribution is 0.514. The van der Waals surface area contributed by atoms with Crippen molar-refractivity contribution in [3.63, 3.8) is 0 Å². The summed E-state index contributed by atoms with van der Waals surface area (Å²) in [6.45, 7) is 4.16. The van der Waals surface area contributed by atoms with E-state index in [1.165, 1.54) is 0 Å². The average molecular weight is 199 g/mol. The Labute approximate surface area is 83.9 Å². The third-order valence-corrected chi connectivity index (χ3v) is 2.45. The van der Waals surface area contributed by atoms with Gasteiger partial charge in [-0.1, -0.05) is 31.5 Å². The average Bonchev–Trinajstić information content (AvgIpc) is 2.08. The largest absolute Gasteiger partial charge is 0.398 e. The van der Waals surface area contributed by atoms with Gasteiger partial charge in [0.05, 0.1) is 10.7 Å². The molecule has 0 saturated heterocycles. The molecule has 1 rings (SSSR count). The van der Waals surface area contributed by atoms with Crippen LogP contribution in [0.5, 0.6) is 0 Å². The molecule has 0 amide bonds. The smallest absolute Gasteiger partial charge is 0.0638 e. The van der Waals surface area contributed by atoms with Gasteiger partial charge in [0.25, 0.3) is 0 Å². The number of nitrogen functional groups attached to an aromatic ring is 1. The van der Waals surface area contributed by atoms with Crippen LogP contribution in [0, 0.1) is 5.92 Å². The Bertz CT molecular complexity index is 297. The topological polar surface area (TPSA) is 52.0 Å². The number of hydrogen-bond acceptors (Lipinski definition) is 2. The fourth-order valence-electron chi connectivity index (χ4n) is 1.14. The lowest BCUT2D eigenvalue weighted by Crippen LogP contribution is -2.16. The van der Waals surface area contributed by atoms with E-state index in [0.29, 0.717) is 16.6 Å². The van der Waals surface area contributed by atoms with Gasteiger partial charge in [-0.2, -0.15) is 0 Å². The Morgan fingerprint density at radius 2 is 1.92 bits per heavy atom. The highest BCUT2D eigenvalue weighted by Gasteiger charge is 2.10. The van der Waals surface area contributed by atoms with Gasteiger partial charge < -0.3 is 11.5 Å². The van der Waals surface area contributed by atoms with Crippen LogP contribution in [0.4, 0.5) is 5.69 Å². The molecule has 13 heavy (non-hydrogen) atoms. The molecule has 0 radical (unpaired) electrons. The van der Waals surface area contributed by atoms with Crippen molar-refractivity contribution in [2.45, 2.75) is 19.9 Å². The van der Waals surface area contributed by atoms with E-state index in [1.807, 2.05) is 12.1 Å². The van der Waals surface area contributed by atoms with Crippen molar-refractivity contribution in [3.05, 3.63) is 28.8 Å². The first-order valence-corrected chi connectivity index (χ1v) is 4.70. The molecule has 0 fully saturated rings. The van der Waals surface area contributed by atoms with E-state index in [4.69, 9.17) is 23.1 Å². The summed E-state index contributed by atoms with van der Waals surface area (Å²) in [5.41, 5.74) is 13.2. The molecular formula is C10H15ClN2. The van der Waals surface area contributed by atoms with Crippen molar-refractivity contribution in [1.29, 1.82) is 0 Å². The Morgan fingerprint density at radius 3 is 2.38 bits per heavy atom. The normalized spacial score (nSPS) is 13.3. The lowest BCUT2D eigenvalue weighted by atomic mass is 9.97. The van der Waals surface area contributed by atoms with E-state index in [9.17, 15) is 0 Å². The van der Waals surface area contributed by atoms with Gasteiger partial charge in [0, 0.05) is 6.04 Å².